The highest BCUT2D eigenvalue weighted by Gasteiger charge is 2.45. The Balaban J connectivity index is 1.41. The highest BCUT2D eigenvalue weighted by Crippen LogP contribution is 2.41. The van der Waals surface area contributed by atoms with Crippen LogP contribution in [0.25, 0.3) is 5.78 Å². The summed E-state index contributed by atoms with van der Waals surface area (Å²) < 4.78 is 67.2. The molecule has 1 saturated heterocycles. The minimum atomic E-state index is -3.09. The number of imidazole rings is 1. The van der Waals surface area contributed by atoms with Crippen LogP contribution in [0.4, 0.5) is 22.4 Å². The van der Waals surface area contributed by atoms with E-state index in [4.69, 9.17) is 9.47 Å². The zero-order valence-corrected chi connectivity index (χ0v) is 23.7. The molecule has 3 heterocycles. The fourth-order valence-corrected chi connectivity index (χ4v) is 5.62. The van der Waals surface area contributed by atoms with Crippen molar-refractivity contribution in [1.82, 2.24) is 30.2 Å². The number of nitrogens with one attached hydrogen (secondary N) is 2. The summed E-state index contributed by atoms with van der Waals surface area (Å²) >= 11 is 0. The normalized spacial score (nSPS) is 19.5. The molecule has 0 spiro atoms. The molecular weight excluding hydrogens is 572 g/mol. The molecule has 232 valence electrons. The molecule has 0 radical (unpaired) electrons. The molecule has 1 aliphatic carbocycles. The third kappa shape index (κ3) is 7.40. The van der Waals surface area contributed by atoms with Crippen LogP contribution in [0.15, 0.2) is 42.7 Å². The average Bonchev–Trinajstić information content (AvgIpc) is 3.41. The monoisotopic (exact) mass is 606 g/mol. The molecule has 2 aliphatic rings. The summed E-state index contributed by atoms with van der Waals surface area (Å²) in [6.07, 6.45) is 2.31. The second kappa shape index (κ2) is 12.4. The number of carbonyl (C=O) groups is 2. The number of rotatable bonds is 9. The van der Waals surface area contributed by atoms with Gasteiger partial charge in [-0.3, -0.25) is 4.79 Å². The van der Waals surface area contributed by atoms with Crippen molar-refractivity contribution in [3.63, 3.8) is 0 Å². The molecule has 14 heteroatoms. The molecule has 1 saturated carbocycles. The number of ether oxygens (including phenoxy) is 2. The van der Waals surface area contributed by atoms with Crippen LogP contribution < -0.4 is 10.6 Å². The fourth-order valence-electron chi connectivity index (χ4n) is 5.62. The van der Waals surface area contributed by atoms with E-state index in [0.717, 1.165) is 12.5 Å². The standard InChI is InChI=1S/C29H34F4N6O4/c1-27(30,31)18-34-24(40)28(11-13-42-14-12-28)22-15-35-39-16-21(36-25(39)37-22)23(20-7-9-29(32,33)10-8-20)38-26(41)43-17-19-5-3-2-4-6-19/h2-6,15-16,20,23H,7-14,17-18H2,1H3,(H,34,40)(H,38,41)/t23-/m0/s1. The van der Waals surface area contributed by atoms with E-state index in [1.54, 1.807) is 6.20 Å². The van der Waals surface area contributed by atoms with Crippen LogP contribution in [-0.4, -0.2) is 63.2 Å². The van der Waals surface area contributed by atoms with Crippen molar-refractivity contribution >= 4 is 17.8 Å². The SMILES string of the molecule is CC(F)(F)CNC(=O)C1(c2cnn3cc([C@@H](NC(=O)OCc4ccccc4)C4CCC(F)(F)CC4)nc3n2)CCOCC1. The number of benzene rings is 1. The molecule has 5 rings (SSSR count). The van der Waals surface area contributed by atoms with Crippen LogP contribution in [0.1, 0.15) is 68.4 Å². The minimum Gasteiger partial charge on any atom is -0.445 e. The maximum absolute atomic E-state index is 14.0. The van der Waals surface area contributed by atoms with Crippen LogP contribution in [0.5, 0.6) is 0 Å². The highest BCUT2D eigenvalue weighted by molar-refractivity contribution is 5.88. The number of carbonyl (C=O) groups excluding carboxylic acids is 2. The van der Waals surface area contributed by atoms with Crippen molar-refractivity contribution < 1.29 is 36.6 Å². The van der Waals surface area contributed by atoms with Gasteiger partial charge in [0.25, 0.3) is 11.7 Å². The lowest BCUT2D eigenvalue weighted by Gasteiger charge is -2.35. The summed E-state index contributed by atoms with van der Waals surface area (Å²) in [6.45, 7) is 0.373. The van der Waals surface area contributed by atoms with Gasteiger partial charge in [0.15, 0.2) is 0 Å². The maximum Gasteiger partial charge on any atom is 0.408 e. The summed E-state index contributed by atoms with van der Waals surface area (Å²) in [5.74, 6) is -6.71. The molecule has 2 amide bonds. The van der Waals surface area contributed by atoms with Crippen LogP contribution in [-0.2, 0) is 26.3 Å². The van der Waals surface area contributed by atoms with Crippen molar-refractivity contribution in [3.8, 4) is 0 Å². The van der Waals surface area contributed by atoms with Crippen LogP contribution in [0.2, 0.25) is 0 Å². The minimum absolute atomic E-state index is 0.0254. The van der Waals surface area contributed by atoms with Crippen molar-refractivity contribution in [2.45, 2.75) is 75.4 Å². The molecule has 1 aromatic carbocycles. The Morgan fingerprint density at radius 2 is 1.81 bits per heavy atom. The van der Waals surface area contributed by atoms with Crippen molar-refractivity contribution in [1.29, 1.82) is 0 Å². The van der Waals surface area contributed by atoms with Gasteiger partial charge in [0.2, 0.25) is 11.8 Å². The maximum atomic E-state index is 14.0. The molecular formula is C29H34F4N6O4. The first-order valence-corrected chi connectivity index (χ1v) is 14.3. The topological polar surface area (TPSA) is 120 Å². The van der Waals surface area contributed by atoms with E-state index in [1.165, 1.54) is 10.7 Å². The second-order valence-electron chi connectivity index (χ2n) is 11.4. The van der Waals surface area contributed by atoms with Gasteiger partial charge in [-0.05, 0) is 37.2 Å². The summed E-state index contributed by atoms with van der Waals surface area (Å²) in [4.78, 5) is 35.2. The van der Waals surface area contributed by atoms with Gasteiger partial charge in [0, 0.05) is 33.0 Å². The highest BCUT2D eigenvalue weighted by atomic mass is 19.3. The van der Waals surface area contributed by atoms with E-state index in [9.17, 15) is 27.2 Å². The quantitative estimate of drug-likeness (QED) is 0.338. The number of alkyl carbamates (subject to hydrolysis) is 1. The number of fused-ring (bicyclic) bond motifs is 1. The molecule has 2 N–H and O–H groups in total. The molecule has 1 atom stereocenters. The third-order valence-corrected chi connectivity index (χ3v) is 8.08. The van der Waals surface area contributed by atoms with Crippen molar-refractivity contribution in [3.05, 3.63) is 59.7 Å². The van der Waals surface area contributed by atoms with Gasteiger partial charge < -0.3 is 20.1 Å². The molecule has 1 aliphatic heterocycles. The molecule has 2 fully saturated rings. The molecule has 2 aromatic heterocycles. The fraction of sp³-hybridized carbons (Fsp3) is 0.552. The summed E-state index contributed by atoms with van der Waals surface area (Å²) in [6, 6.07) is 8.34. The molecule has 10 nitrogen and oxygen atoms in total. The Morgan fingerprint density at radius 3 is 2.49 bits per heavy atom. The zero-order valence-electron chi connectivity index (χ0n) is 23.7. The van der Waals surface area contributed by atoms with Crippen LogP contribution >= 0.6 is 0 Å². The van der Waals surface area contributed by atoms with E-state index in [1.807, 2.05) is 30.3 Å². The predicted octanol–water partition coefficient (Wildman–Crippen LogP) is 4.74. The van der Waals surface area contributed by atoms with E-state index in [2.05, 4.69) is 25.7 Å². The van der Waals surface area contributed by atoms with Gasteiger partial charge in [-0.15, -0.1) is 0 Å². The summed E-state index contributed by atoms with van der Waals surface area (Å²) in [5.41, 5.74) is 0.133. The third-order valence-electron chi connectivity index (χ3n) is 8.08. The number of alkyl halides is 4. The number of halogens is 4. The lowest BCUT2D eigenvalue weighted by Crippen LogP contribution is -2.50. The zero-order chi connectivity index (χ0) is 30.7. The Kier molecular flexibility index (Phi) is 8.86. The van der Waals surface area contributed by atoms with Gasteiger partial charge >= 0.3 is 6.09 Å². The van der Waals surface area contributed by atoms with Crippen molar-refractivity contribution in [2.24, 2.45) is 5.92 Å². The number of hydrogen-bond donors (Lipinski definition) is 2. The van der Waals surface area contributed by atoms with E-state index < -0.39 is 41.8 Å². The lowest BCUT2D eigenvalue weighted by atomic mass is 9.76. The smallest absolute Gasteiger partial charge is 0.408 e. The first-order valence-electron chi connectivity index (χ1n) is 14.3. The lowest BCUT2D eigenvalue weighted by molar-refractivity contribution is -0.132. The van der Waals surface area contributed by atoms with E-state index >= 15 is 0 Å². The molecule has 0 bridgehead atoms. The Hall–Kier alpha value is -3.81. The molecule has 0 unspecified atom stereocenters. The summed E-state index contributed by atoms with van der Waals surface area (Å²) in [7, 11) is 0. The first-order chi connectivity index (χ1) is 20.4. The Bertz CT molecular complexity index is 1420. The first kappa shape index (κ1) is 30.6. The van der Waals surface area contributed by atoms with E-state index in [-0.39, 0.29) is 75.7 Å². The average molecular weight is 607 g/mol. The van der Waals surface area contributed by atoms with Gasteiger partial charge in [-0.1, -0.05) is 30.3 Å². The predicted molar refractivity (Wildman–Crippen MR) is 146 cm³/mol. The van der Waals surface area contributed by atoms with Gasteiger partial charge in [0.1, 0.15) is 6.61 Å². The van der Waals surface area contributed by atoms with E-state index in [0.29, 0.717) is 5.69 Å². The Morgan fingerprint density at radius 1 is 1.12 bits per heavy atom. The second-order valence-corrected chi connectivity index (χ2v) is 11.4. The number of aromatic nitrogens is 4. The Labute approximate surface area is 245 Å². The van der Waals surface area contributed by atoms with Crippen LogP contribution in [0.3, 0.4) is 0 Å². The number of nitrogens with zero attached hydrogens (tertiary/aromatic N) is 4. The number of hydrogen-bond acceptors (Lipinski definition) is 7. The number of amides is 2. The van der Waals surface area contributed by atoms with Crippen LogP contribution in [0, 0.1) is 5.92 Å². The molecule has 3 aromatic rings. The van der Waals surface area contributed by atoms with Crippen molar-refractivity contribution in [2.75, 3.05) is 19.8 Å². The van der Waals surface area contributed by atoms with Gasteiger partial charge in [-0.2, -0.15) is 5.10 Å². The van der Waals surface area contributed by atoms with Gasteiger partial charge in [-0.25, -0.2) is 36.8 Å². The summed E-state index contributed by atoms with van der Waals surface area (Å²) in [5, 5.41) is 9.52. The molecule has 43 heavy (non-hydrogen) atoms. The van der Waals surface area contributed by atoms with Gasteiger partial charge in [0.05, 0.1) is 41.8 Å². The largest absolute Gasteiger partial charge is 0.445 e.